The lowest BCUT2D eigenvalue weighted by molar-refractivity contribution is -0.165. The Morgan fingerprint density at radius 1 is 1.00 bits per heavy atom. The predicted octanol–water partition coefficient (Wildman–Crippen LogP) is 2.95. The summed E-state index contributed by atoms with van der Waals surface area (Å²) in [6.45, 7) is 4.08. The lowest BCUT2D eigenvalue weighted by Crippen LogP contribution is -2.47. The van der Waals surface area contributed by atoms with Gasteiger partial charge in [0.25, 0.3) is 0 Å². The van der Waals surface area contributed by atoms with E-state index in [0.29, 0.717) is 11.8 Å². The van der Waals surface area contributed by atoms with Gasteiger partial charge in [-0.1, -0.05) is 6.92 Å². The quantitative estimate of drug-likeness (QED) is 0.747. The van der Waals surface area contributed by atoms with Gasteiger partial charge in [0.05, 0.1) is 25.0 Å². The first-order valence-corrected chi connectivity index (χ1v) is 7.56. The molecular formula is C16H26O4. The van der Waals surface area contributed by atoms with E-state index in [1.54, 1.807) is 0 Å². The molecule has 2 saturated carbocycles. The second-order valence-corrected chi connectivity index (χ2v) is 6.96. The third kappa shape index (κ3) is 2.45. The molecule has 2 aliphatic rings. The van der Waals surface area contributed by atoms with Crippen LogP contribution in [0.25, 0.3) is 0 Å². The Bertz CT molecular complexity index is 387. The predicted molar refractivity (Wildman–Crippen MR) is 74.9 cm³/mol. The molecule has 0 saturated heterocycles. The van der Waals surface area contributed by atoms with E-state index >= 15 is 0 Å². The van der Waals surface area contributed by atoms with Crippen molar-refractivity contribution in [2.45, 2.75) is 52.4 Å². The van der Waals surface area contributed by atoms with Crippen LogP contribution in [0.2, 0.25) is 0 Å². The second-order valence-electron chi connectivity index (χ2n) is 6.96. The van der Waals surface area contributed by atoms with Crippen molar-refractivity contribution >= 4 is 11.9 Å². The molecule has 0 spiro atoms. The van der Waals surface area contributed by atoms with Crippen LogP contribution in [0.1, 0.15) is 52.4 Å². The number of esters is 2. The van der Waals surface area contributed by atoms with Crippen LogP contribution >= 0.6 is 0 Å². The van der Waals surface area contributed by atoms with Crippen LogP contribution in [-0.2, 0) is 19.1 Å². The number of rotatable bonds is 3. The van der Waals surface area contributed by atoms with Gasteiger partial charge >= 0.3 is 11.9 Å². The molecule has 0 aromatic heterocycles. The van der Waals surface area contributed by atoms with E-state index in [4.69, 9.17) is 9.47 Å². The van der Waals surface area contributed by atoms with Crippen LogP contribution in [-0.4, -0.2) is 26.2 Å². The molecule has 4 heteroatoms. The van der Waals surface area contributed by atoms with Crippen LogP contribution in [0.3, 0.4) is 0 Å². The van der Waals surface area contributed by atoms with Gasteiger partial charge in [-0.3, -0.25) is 9.59 Å². The molecule has 4 nitrogen and oxygen atoms in total. The number of fused-ring (bicyclic) bond motifs is 2. The third-order valence-corrected chi connectivity index (χ3v) is 5.48. The van der Waals surface area contributed by atoms with Crippen molar-refractivity contribution in [2.24, 2.45) is 22.7 Å². The molecule has 2 bridgehead atoms. The summed E-state index contributed by atoms with van der Waals surface area (Å²) in [5.41, 5.74) is -0.710. The molecule has 2 aliphatic carbocycles. The molecule has 2 unspecified atom stereocenters. The average molecular weight is 282 g/mol. The van der Waals surface area contributed by atoms with E-state index < -0.39 is 0 Å². The van der Waals surface area contributed by atoms with E-state index in [2.05, 4.69) is 6.92 Å². The summed E-state index contributed by atoms with van der Waals surface area (Å²) in [6.07, 6.45) is 5.30. The van der Waals surface area contributed by atoms with E-state index in [1.165, 1.54) is 14.2 Å². The highest BCUT2D eigenvalue weighted by atomic mass is 16.5. The summed E-state index contributed by atoms with van der Waals surface area (Å²) in [5.74, 6) is 0.668. The Kier molecular flexibility index (Phi) is 4.12. The minimum atomic E-state index is -0.377. The topological polar surface area (TPSA) is 52.6 Å². The zero-order valence-electron chi connectivity index (χ0n) is 13.0. The number of carbonyl (C=O) groups excluding carboxylic acids is 2. The van der Waals surface area contributed by atoms with Gasteiger partial charge in [0, 0.05) is 0 Å². The van der Waals surface area contributed by atoms with E-state index in [-0.39, 0.29) is 22.8 Å². The van der Waals surface area contributed by atoms with Crippen molar-refractivity contribution in [1.29, 1.82) is 0 Å². The largest absolute Gasteiger partial charge is 0.469 e. The molecule has 0 aromatic carbocycles. The van der Waals surface area contributed by atoms with Gasteiger partial charge in [-0.15, -0.1) is 0 Å². The summed E-state index contributed by atoms with van der Waals surface area (Å²) in [6, 6.07) is 0. The van der Waals surface area contributed by atoms with Crippen molar-refractivity contribution in [2.75, 3.05) is 14.2 Å². The van der Waals surface area contributed by atoms with Gasteiger partial charge in [-0.05, 0) is 57.3 Å². The molecule has 2 rings (SSSR count). The van der Waals surface area contributed by atoms with Crippen molar-refractivity contribution in [3.05, 3.63) is 0 Å². The number of carbonyl (C=O) groups is 2. The van der Waals surface area contributed by atoms with Gasteiger partial charge in [0.15, 0.2) is 0 Å². The lowest BCUT2D eigenvalue weighted by atomic mass is 9.54. The Labute approximate surface area is 121 Å². The Balaban J connectivity index is 2.19. The fraction of sp³-hybridized carbons (Fsp3) is 0.875. The average Bonchev–Trinajstić information content (AvgIpc) is 2.43. The number of ether oxygens (including phenoxy) is 2. The summed E-state index contributed by atoms with van der Waals surface area (Å²) in [5, 5.41) is 0. The normalized spacial score (nSPS) is 40.0. The Morgan fingerprint density at radius 2 is 1.50 bits per heavy atom. The van der Waals surface area contributed by atoms with Crippen molar-refractivity contribution in [3.8, 4) is 0 Å². The fourth-order valence-electron chi connectivity index (χ4n) is 4.72. The van der Waals surface area contributed by atoms with Crippen LogP contribution in [0.5, 0.6) is 0 Å². The summed E-state index contributed by atoms with van der Waals surface area (Å²) < 4.78 is 10.0. The smallest absolute Gasteiger partial charge is 0.311 e. The van der Waals surface area contributed by atoms with Gasteiger partial charge in [-0.25, -0.2) is 0 Å². The van der Waals surface area contributed by atoms with Crippen LogP contribution < -0.4 is 0 Å². The van der Waals surface area contributed by atoms with Crippen molar-refractivity contribution < 1.29 is 19.1 Å². The summed E-state index contributed by atoms with van der Waals surface area (Å²) >= 11 is 0. The van der Waals surface area contributed by atoms with Crippen LogP contribution in [0, 0.1) is 22.7 Å². The highest BCUT2D eigenvalue weighted by Gasteiger charge is 2.53. The van der Waals surface area contributed by atoms with Crippen molar-refractivity contribution in [3.63, 3.8) is 0 Å². The molecule has 2 atom stereocenters. The molecule has 0 radical (unpaired) electrons. The SMILES string of the molecule is CCC1(C(=O)OC)CC2CC(CC(C)(C(=O)OC)C2)C1. The number of hydrogen-bond acceptors (Lipinski definition) is 4. The summed E-state index contributed by atoms with van der Waals surface area (Å²) in [7, 11) is 2.94. The first kappa shape index (κ1) is 15.3. The molecule has 0 aliphatic heterocycles. The van der Waals surface area contributed by atoms with Gasteiger partial charge in [0.1, 0.15) is 0 Å². The second kappa shape index (κ2) is 5.38. The Morgan fingerprint density at radius 3 is 1.90 bits per heavy atom. The van der Waals surface area contributed by atoms with Gasteiger partial charge < -0.3 is 9.47 Å². The van der Waals surface area contributed by atoms with E-state index in [1.807, 2.05) is 6.92 Å². The third-order valence-electron chi connectivity index (χ3n) is 5.48. The molecule has 20 heavy (non-hydrogen) atoms. The minimum Gasteiger partial charge on any atom is -0.469 e. The maximum absolute atomic E-state index is 12.2. The minimum absolute atomic E-state index is 0.0728. The van der Waals surface area contributed by atoms with Gasteiger partial charge in [0.2, 0.25) is 0 Å². The maximum atomic E-state index is 12.2. The van der Waals surface area contributed by atoms with Crippen molar-refractivity contribution in [1.82, 2.24) is 0 Å². The number of hydrogen-bond donors (Lipinski definition) is 0. The fourth-order valence-corrected chi connectivity index (χ4v) is 4.72. The molecule has 0 heterocycles. The lowest BCUT2D eigenvalue weighted by Gasteiger charge is -2.50. The van der Waals surface area contributed by atoms with E-state index in [9.17, 15) is 9.59 Å². The maximum Gasteiger partial charge on any atom is 0.311 e. The van der Waals surface area contributed by atoms with Crippen LogP contribution in [0.4, 0.5) is 0 Å². The summed E-state index contributed by atoms with van der Waals surface area (Å²) in [4.78, 5) is 24.2. The molecule has 0 N–H and O–H groups in total. The monoisotopic (exact) mass is 282 g/mol. The molecule has 114 valence electrons. The zero-order chi connectivity index (χ0) is 15.0. The zero-order valence-corrected chi connectivity index (χ0v) is 13.0. The van der Waals surface area contributed by atoms with E-state index in [0.717, 1.165) is 38.5 Å². The molecule has 0 amide bonds. The number of methoxy groups -OCH3 is 2. The molecule has 2 fully saturated rings. The first-order chi connectivity index (χ1) is 9.39. The van der Waals surface area contributed by atoms with Gasteiger partial charge in [-0.2, -0.15) is 0 Å². The highest BCUT2D eigenvalue weighted by molar-refractivity contribution is 5.78. The first-order valence-electron chi connectivity index (χ1n) is 7.56. The Hall–Kier alpha value is -1.06. The van der Waals surface area contributed by atoms with Crippen LogP contribution in [0.15, 0.2) is 0 Å². The molecular weight excluding hydrogens is 256 g/mol. The highest BCUT2D eigenvalue weighted by Crippen LogP contribution is 2.55. The molecule has 0 aromatic rings. The standard InChI is InChI=1S/C16H26O4/c1-5-16(14(18)20-4)9-11-6-12(10-16)8-15(2,7-11)13(17)19-3/h11-12H,5-10H2,1-4H3.